The molecule has 7 nitrogen and oxygen atoms in total. The lowest BCUT2D eigenvalue weighted by Crippen LogP contribution is -2.39. The number of fused-ring (bicyclic) bond motifs is 1. The van der Waals surface area contributed by atoms with Crippen molar-refractivity contribution in [2.75, 3.05) is 11.9 Å². The Morgan fingerprint density at radius 1 is 1.22 bits per heavy atom. The Bertz CT molecular complexity index is 892. The van der Waals surface area contributed by atoms with E-state index in [1.165, 1.54) is 11.3 Å². The van der Waals surface area contributed by atoms with Crippen LogP contribution in [-0.4, -0.2) is 34.0 Å². The van der Waals surface area contributed by atoms with E-state index < -0.39 is 5.60 Å². The van der Waals surface area contributed by atoms with E-state index in [0.717, 1.165) is 21.9 Å². The number of furan rings is 1. The summed E-state index contributed by atoms with van der Waals surface area (Å²) < 4.78 is 11.0. The van der Waals surface area contributed by atoms with Crippen molar-refractivity contribution < 1.29 is 18.7 Å². The molecule has 3 rings (SSSR count). The fourth-order valence-electron chi connectivity index (χ4n) is 3.02. The quantitative estimate of drug-likeness (QED) is 0.829. The van der Waals surface area contributed by atoms with Gasteiger partial charge in [0.1, 0.15) is 17.1 Å². The summed E-state index contributed by atoms with van der Waals surface area (Å²) in [5.74, 6) is 1.11. The predicted molar refractivity (Wildman–Crippen MR) is 103 cm³/mol. The Labute approximate surface area is 162 Å². The first kappa shape index (κ1) is 19.4. The third-order valence-electron chi connectivity index (χ3n) is 4.39. The molecule has 0 saturated heterocycles. The number of nitrogens with one attached hydrogen (secondary N) is 1. The number of hydrogen-bond donors (Lipinski definition) is 1. The maximum atomic E-state index is 12.6. The fraction of sp³-hybridized carbons (Fsp3) is 0.526. The van der Waals surface area contributed by atoms with E-state index >= 15 is 0 Å². The highest BCUT2D eigenvalue weighted by molar-refractivity contribution is 7.15. The van der Waals surface area contributed by atoms with E-state index in [1.54, 1.807) is 11.8 Å². The normalized spacial score (nSPS) is 14.1. The van der Waals surface area contributed by atoms with Gasteiger partial charge in [0.2, 0.25) is 0 Å². The standard InChI is InChI=1S/C19H25N3O4S/c1-10-11(2)25-12(3)15(10)16(23)21-17-20-13-7-8-22(9-14(13)27-17)18(24)26-19(4,5)6/h7-9H2,1-6H3,(H,20,21,23). The smallest absolute Gasteiger partial charge is 0.410 e. The maximum Gasteiger partial charge on any atom is 0.410 e. The van der Waals surface area contributed by atoms with E-state index in [0.29, 0.717) is 36.0 Å². The van der Waals surface area contributed by atoms with Crippen LogP contribution in [0, 0.1) is 20.8 Å². The molecule has 1 N–H and O–H groups in total. The number of aromatic nitrogens is 1. The summed E-state index contributed by atoms with van der Waals surface area (Å²) >= 11 is 1.39. The van der Waals surface area contributed by atoms with Crippen LogP contribution in [-0.2, 0) is 17.7 Å². The summed E-state index contributed by atoms with van der Waals surface area (Å²) in [5, 5.41) is 3.40. The van der Waals surface area contributed by atoms with Crippen molar-refractivity contribution in [1.29, 1.82) is 0 Å². The van der Waals surface area contributed by atoms with Gasteiger partial charge >= 0.3 is 6.09 Å². The topological polar surface area (TPSA) is 84.7 Å². The van der Waals surface area contributed by atoms with Gasteiger partial charge in [-0.2, -0.15) is 0 Å². The number of anilines is 1. The number of amides is 2. The van der Waals surface area contributed by atoms with Gasteiger partial charge in [0.15, 0.2) is 5.13 Å². The minimum absolute atomic E-state index is 0.225. The second-order valence-electron chi connectivity index (χ2n) is 7.71. The summed E-state index contributed by atoms with van der Waals surface area (Å²) in [6.45, 7) is 12.0. The molecule has 1 aliphatic rings. The fourth-order valence-corrected chi connectivity index (χ4v) is 4.04. The molecule has 27 heavy (non-hydrogen) atoms. The summed E-state index contributed by atoms with van der Waals surface area (Å²) in [6, 6.07) is 0. The van der Waals surface area contributed by atoms with Gasteiger partial charge in [-0.25, -0.2) is 9.78 Å². The van der Waals surface area contributed by atoms with Crippen molar-refractivity contribution in [2.24, 2.45) is 0 Å². The lowest BCUT2D eigenvalue weighted by atomic mass is 10.1. The molecule has 3 heterocycles. The number of ether oxygens (including phenoxy) is 1. The molecule has 0 aromatic carbocycles. The van der Waals surface area contributed by atoms with E-state index in [-0.39, 0.29) is 12.0 Å². The molecule has 8 heteroatoms. The molecule has 2 aromatic heterocycles. The first-order chi connectivity index (χ1) is 12.5. The first-order valence-corrected chi connectivity index (χ1v) is 9.71. The van der Waals surface area contributed by atoms with Crippen molar-refractivity contribution in [3.05, 3.63) is 33.2 Å². The van der Waals surface area contributed by atoms with Gasteiger partial charge in [-0.15, -0.1) is 0 Å². The molecule has 2 aromatic rings. The number of hydrogen-bond acceptors (Lipinski definition) is 6. The van der Waals surface area contributed by atoms with Crippen molar-refractivity contribution in [1.82, 2.24) is 9.88 Å². The Morgan fingerprint density at radius 2 is 1.93 bits per heavy atom. The Kier molecular flexibility index (Phi) is 5.03. The number of carbonyl (C=O) groups is 2. The van der Waals surface area contributed by atoms with Crippen LogP contribution < -0.4 is 5.32 Å². The van der Waals surface area contributed by atoms with E-state index in [1.807, 2.05) is 34.6 Å². The molecule has 0 unspecified atom stereocenters. The first-order valence-electron chi connectivity index (χ1n) is 8.89. The Hall–Kier alpha value is -2.35. The van der Waals surface area contributed by atoms with Crippen LogP contribution >= 0.6 is 11.3 Å². The zero-order valence-corrected chi connectivity index (χ0v) is 17.4. The van der Waals surface area contributed by atoms with Crippen molar-refractivity contribution >= 4 is 28.5 Å². The highest BCUT2D eigenvalue weighted by Crippen LogP contribution is 2.30. The molecular weight excluding hydrogens is 366 g/mol. The summed E-state index contributed by atoms with van der Waals surface area (Å²) in [4.78, 5) is 32.1. The Balaban J connectivity index is 1.71. The molecule has 146 valence electrons. The third kappa shape index (κ3) is 4.16. The second kappa shape index (κ2) is 6.99. The molecule has 0 aliphatic carbocycles. The molecular formula is C19H25N3O4S. The minimum Gasteiger partial charge on any atom is -0.466 e. The van der Waals surface area contributed by atoms with Gasteiger partial charge in [0.05, 0.1) is 17.8 Å². The molecule has 0 saturated carbocycles. The molecule has 0 fully saturated rings. The van der Waals surface area contributed by atoms with E-state index in [9.17, 15) is 9.59 Å². The summed E-state index contributed by atoms with van der Waals surface area (Å²) in [7, 11) is 0. The van der Waals surface area contributed by atoms with Crippen LogP contribution in [0.1, 0.15) is 58.8 Å². The zero-order valence-electron chi connectivity index (χ0n) is 16.6. The maximum absolute atomic E-state index is 12.6. The molecule has 0 atom stereocenters. The lowest BCUT2D eigenvalue weighted by Gasteiger charge is -2.29. The highest BCUT2D eigenvalue weighted by atomic mass is 32.1. The van der Waals surface area contributed by atoms with Gasteiger partial charge in [-0.05, 0) is 41.5 Å². The van der Waals surface area contributed by atoms with Gasteiger partial charge in [-0.3, -0.25) is 10.1 Å². The lowest BCUT2D eigenvalue weighted by molar-refractivity contribution is 0.0225. The van der Waals surface area contributed by atoms with Crippen molar-refractivity contribution in [3.63, 3.8) is 0 Å². The van der Waals surface area contributed by atoms with Gasteiger partial charge in [-0.1, -0.05) is 11.3 Å². The van der Waals surface area contributed by atoms with Gasteiger partial charge in [0.25, 0.3) is 5.91 Å². The predicted octanol–water partition coefficient (Wildman–Crippen LogP) is 4.21. The average Bonchev–Trinajstić information content (AvgIpc) is 3.04. The van der Waals surface area contributed by atoms with Crippen LogP contribution in [0.2, 0.25) is 0 Å². The van der Waals surface area contributed by atoms with Gasteiger partial charge < -0.3 is 14.1 Å². The molecule has 0 bridgehead atoms. The van der Waals surface area contributed by atoms with Crippen LogP contribution in [0.5, 0.6) is 0 Å². The number of nitrogens with zero attached hydrogens (tertiary/aromatic N) is 2. The van der Waals surface area contributed by atoms with E-state index in [4.69, 9.17) is 9.15 Å². The van der Waals surface area contributed by atoms with Crippen LogP contribution in [0.25, 0.3) is 0 Å². The van der Waals surface area contributed by atoms with Crippen molar-refractivity contribution in [2.45, 2.75) is 60.1 Å². The van der Waals surface area contributed by atoms with E-state index in [2.05, 4.69) is 10.3 Å². The number of thiazole rings is 1. The molecule has 0 spiro atoms. The monoisotopic (exact) mass is 391 g/mol. The van der Waals surface area contributed by atoms with Gasteiger partial charge in [0, 0.05) is 23.4 Å². The minimum atomic E-state index is -0.525. The molecule has 1 aliphatic heterocycles. The zero-order chi connectivity index (χ0) is 19.9. The van der Waals surface area contributed by atoms with Crippen LogP contribution in [0.15, 0.2) is 4.42 Å². The van der Waals surface area contributed by atoms with Crippen molar-refractivity contribution in [3.8, 4) is 0 Å². The van der Waals surface area contributed by atoms with Crippen LogP contribution in [0.3, 0.4) is 0 Å². The SMILES string of the molecule is Cc1oc(C)c(C(=O)Nc2nc3c(s2)CN(C(=O)OC(C)(C)C)CC3)c1C. The number of aryl methyl sites for hydroxylation is 2. The number of carbonyl (C=O) groups excluding carboxylic acids is 2. The highest BCUT2D eigenvalue weighted by Gasteiger charge is 2.28. The largest absolute Gasteiger partial charge is 0.466 e. The molecule has 0 radical (unpaired) electrons. The summed E-state index contributed by atoms with van der Waals surface area (Å²) in [6.07, 6.45) is 0.316. The molecule has 2 amide bonds. The third-order valence-corrected chi connectivity index (χ3v) is 5.39. The number of rotatable bonds is 2. The summed E-state index contributed by atoms with van der Waals surface area (Å²) in [5.41, 5.74) is 1.79. The van der Waals surface area contributed by atoms with Crippen LogP contribution in [0.4, 0.5) is 9.93 Å². The average molecular weight is 391 g/mol. The Morgan fingerprint density at radius 3 is 2.52 bits per heavy atom. The second-order valence-corrected chi connectivity index (χ2v) is 8.79.